The highest BCUT2D eigenvalue weighted by Crippen LogP contribution is 2.06. The quantitative estimate of drug-likeness (QED) is 0.652. The summed E-state index contributed by atoms with van der Waals surface area (Å²) >= 11 is 4.93. The molecule has 1 aromatic heterocycles. The van der Waals surface area contributed by atoms with Gasteiger partial charge in [-0.2, -0.15) is 0 Å². The Hall–Kier alpha value is -0.950. The van der Waals surface area contributed by atoms with E-state index >= 15 is 0 Å². The van der Waals surface area contributed by atoms with E-state index in [2.05, 4.69) is 20.6 Å². The Bertz CT molecular complexity index is 391. The number of thiocarbonyl (C=S) groups is 1. The van der Waals surface area contributed by atoms with Gasteiger partial charge in [0.15, 0.2) is 5.11 Å². The van der Waals surface area contributed by atoms with Crippen molar-refractivity contribution in [2.24, 2.45) is 0 Å². The lowest BCUT2D eigenvalue weighted by Crippen LogP contribution is -2.35. The van der Waals surface area contributed by atoms with E-state index in [0.29, 0.717) is 23.2 Å². The molecule has 0 aliphatic heterocycles. The molecule has 1 atom stereocenters. The van der Waals surface area contributed by atoms with Gasteiger partial charge in [-0.15, -0.1) is 0 Å². The molecular weight excluding hydrogens is 256 g/mol. The van der Waals surface area contributed by atoms with Crippen LogP contribution in [0.5, 0.6) is 0 Å². The van der Waals surface area contributed by atoms with Gasteiger partial charge in [0.25, 0.3) is 0 Å². The van der Waals surface area contributed by atoms with E-state index in [0.717, 1.165) is 17.8 Å². The van der Waals surface area contributed by atoms with Gasteiger partial charge in [-0.1, -0.05) is 6.92 Å². The molecule has 0 bridgehead atoms. The third-order valence-electron chi connectivity index (χ3n) is 2.29. The van der Waals surface area contributed by atoms with E-state index in [1.54, 1.807) is 13.4 Å². The van der Waals surface area contributed by atoms with Crippen molar-refractivity contribution < 1.29 is 4.21 Å². The SMILES string of the molecule is CCc1nc[nH]c1CS(=O)CCNC(=S)NC. The molecule has 17 heavy (non-hydrogen) atoms. The zero-order valence-corrected chi connectivity index (χ0v) is 11.7. The Kier molecular flexibility index (Phi) is 6.13. The van der Waals surface area contributed by atoms with Crippen LogP contribution in [0.15, 0.2) is 6.33 Å². The predicted molar refractivity (Wildman–Crippen MR) is 74.3 cm³/mol. The second kappa shape index (κ2) is 7.39. The summed E-state index contributed by atoms with van der Waals surface area (Å²) in [4.78, 5) is 7.21. The molecule has 1 rings (SSSR count). The van der Waals surface area contributed by atoms with Crippen LogP contribution in [0.25, 0.3) is 0 Å². The van der Waals surface area contributed by atoms with Crippen LogP contribution in [-0.4, -0.2) is 38.6 Å². The fourth-order valence-electron chi connectivity index (χ4n) is 1.38. The summed E-state index contributed by atoms with van der Waals surface area (Å²) in [5.41, 5.74) is 1.97. The number of nitrogens with zero attached hydrogens (tertiary/aromatic N) is 1. The first kappa shape index (κ1) is 14.1. The molecule has 0 fully saturated rings. The summed E-state index contributed by atoms with van der Waals surface area (Å²) in [5.74, 6) is 1.10. The van der Waals surface area contributed by atoms with Crippen LogP contribution in [0.1, 0.15) is 18.3 Å². The van der Waals surface area contributed by atoms with Crippen molar-refractivity contribution in [2.75, 3.05) is 19.3 Å². The minimum atomic E-state index is -0.901. The minimum Gasteiger partial charge on any atom is -0.366 e. The summed E-state index contributed by atoms with van der Waals surface area (Å²) in [6.45, 7) is 2.65. The van der Waals surface area contributed by atoms with Gasteiger partial charge < -0.3 is 15.6 Å². The monoisotopic (exact) mass is 274 g/mol. The van der Waals surface area contributed by atoms with Crippen LogP contribution in [0, 0.1) is 0 Å². The second-order valence-corrected chi connectivity index (χ2v) is 5.46. The third-order valence-corrected chi connectivity index (χ3v) is 3.91. The van der Waals surface area contributed by atoms with E-state index in [1.807, 2.05) is 6.92 Å². The van der Waals surface area contributed by atoms with Gasteiger partial charge in [0, 0.05) is 30.1 Å². The van der Waals surface area contributed by atoms with Crippen LogP contribution < -0.4 is 10.6 Å². The topological polar surface area (TPSA) is 69.8 Å². The number of aromatic nitrogens is 2. The molecule has 3 N–H and O–H groups in total. The summed E-state index contributed by atoms with van der Waals surface area (Å²) < 4.78 is 11.8. The lowest BCUT2D eigenvalue weighted by Gasteiger charge is -2.06. The average Bonchev–Trinajstić information content (AvgIpc) is 2.76. The zero-order chi connectivity index (χ0) is 12.7. The van der Waals surface area contributed by atoms with Gasteiger partial charge in [0.05, 0.1) is 23.5 Å². The molecule has 7 heteroatoms. The van der Waals surface area contributed by atoms with E-state index in [-0.39, 0.29) is 0 Å². The summed E-state index contributed by atoms with van der Waals surface area (Å²) in [6.07, 6.45) is 2.51. The number of imidazole rings is 1. The Labute approximate surface area is 109 Å². The molecule has 0 aliphatic rings. The largest absolute Gasteiger partial charge is 0.366 e. The van der Waals surface area contributed by atoms with Crippen molar-refractivity contribution in [3.8, 4) is 0 Å². The van der Waals surface area contributed by atoms with Gasteiger partial charge in [0.2, 0.25) is 0 Å². The number of aromatic amines is 1. The van der Waals surface area contributed by atoms with Gasteiger partial charge in [-0.25, -0.2) is 4.98 Å². The average molecular weight is 274 g/mol. The molecule has 0 aliphatic carbocycles. The first-order valence-corrected chi connectivity index (χ1v) is 7.38. The van der Waals surface area contributed by atoms with Crippen molar-refractivity contribution in [2.45, 2.75) is 19.1 Å². The lowest BCUT2D eigenvalue weighted by atomic mass is 10.3. The van der Waals surface area contributed by atoms with Gasteiger partial charge in [0.1, 0.15) is 0 Å². The van der Waals surface area contributed by atoms with Crippen molar-refractivity contribution in [3.05, 3.63) is 17.7 Å². The number of rotatable bonds is 6. The zero-order valence-electron chi connectivity index (χ0n) is 10.1. The highest BCUT2D eigenvalue weighted by atomic mass is 32.2. The number of aryl methyl sites for hydroxylation is 1. The molecular formula is C10H18N4OS2. The maximum atomic E-state index is 11.8. The number of hydrogen-bond acceptors (Lipinski definition) is 3. The molecule has 1 unspecified atom stereocenters. The van der Waals surface area contributed by atoms with Gasteiger partial charge in [-0.05, 0) is 18.6 Å². The Morgan fingerprint density at radius 2 is 2.41 bits per heavy atom. The Morgan fingerprint density at radius 1 is 1.65 bits per heavy atom. The minimum absolute atomic E-state index is 0.525. The van der Waals surface area contributed by atoms with Crippen molar-refractivity contribution in [1.82, 2.24) is 20.6 Å². The first-order valence-electron chi connectivity index (χ1n) is 5.49. The van der Waals surface area contributed by atoms with Crippen LogP contribution in [0.3, 0.4) is 0 Å². The normalized spacial score (nSPS) is 12.1. The molecule has 0 saturated heterocycles. The van der Waals surface area contributed by atoms with Crippen molar-refractivity contribution in [3.63, 3.8) is 0 Å². The van der Waals surface area contributed by atoms with Gasteiger partial charge in [-0.3, -0.25) is 4.21 Å². The maximum absolute atomic E-state index is 11.8. The standard InChI is InChI=1S/C10H18N4OS2/c1-3-8-9(14-7-13-8)6-17(15)5-4-12-10(16)11-2/h7H,3-6H2,1-2H3,(H,13,14)(H2,11,12,16). The van der Waals surface area contributed by atoms with Crippen LogP contribution in [0.4, 0.5) is 0 Å². The molecule has 96 valence electrons. The van der Waals surface area contributed by atoms with E-state index < -0.39 is 10.8 Å². The predicted octanol–water partition coefficient (Wildman–Crippen LogP) is 0.315. The summed E-state index contributed by atoms with van der Waals surface area (Å²) in [5, 5.41) is 6.36. The molecule has 0 saturated carbocycles. The van der Waals surface area contributed by atoms with E-state index in [1.165, 1.54) is 0 Å². The molecule has 0 amide bonds. The molecule has 0 radical (unpaired) electrons. The maximum Gasteiger partial charge on any atom is 0.166 e. The fourth-order valence-corrected chi connectivity index (χ4v) is 2.53. The van der Waals surface area contributed by atoms with Crippen LogP contribution >= 0.6 is 12.2 Å². The Morgan fingerprint density at radius 3 is 3.06 bits per heavy atom. The first-order chi connectivity index (χ1) is 8.17. The van der Waals surface area contributed by atoms with Crippen molar-refractivity contribution in [1.29, 1.82) is 0 Å². The molecule has 1 heterocycles. The molecule has 5 nitrogen and oxygen atoms in total. The lowest BCUT2D eigenvalue weighted by molar-refractivity contribution is 0.680. The number of H-pyrrole nitrogens is 1. The van der Waals surface area contributed by atoms with Gasteiger partial charge >= 0.3 is 0 Å². The van der Waals surface area contributed by atoms with Crippen LogP contribution in [0.2, 0.25) is 0 Å². The van der Waals surface area contributed by atoms with E-state index in [9.17, 15) is 4.21 Å². The Balaban J connectivity index is 2.32. The molecule has 1 aromatic rings. The van der Waals surface area contributed by atoms with Crippen molar-refractivity contribution >= 4 is 28.1 Å². The number of nitrogens with one attached hydrogen (secondary N) is 3. The van der Waals surface area contributed by atoms with Crippen LogP contribution in [-0.2, 0) is 23.0 Å². The second-order valence-electron chi connectivity index (χ2n) is 3.48. The fraction of sp³-hybridized carbons (Fsp3) is 0.600. The smallest absolute Gasteiger partial charge is 0.166 e. The summed E-state index contributed by atoms with van der Waals surface area (Å²) in [6, 6.07) is 0. The van der Waals surface area contributed by atoms with E-state index in [4.69, 9.17) is 12.2 Å². The summed E-state index contributed by atoms with van der Waals surface area (Å²) in [7, 11) is 0.854. The molecule has 0 aromatic carbocycles. The molecule has 0 spiro atoms. The highest BCUT2D eigenvalue weighted by molar-refractivity contribution is 7.84. The highest BCUT2D eigenvalue weighted by Gasteiger charge is 2.08. The third kappa shape index (κ3) is 4.82. The number of hydrogen-bond donors (Lipinski definition) is 3.